The molecule has 0 amide bonds. The number of unbranched alkanes of at least 4 members (excludes halogenated alkanes) is 4. The van der Waals surface area contributed by atoms with Crippen LogP contribution < -0.4 is 10.1 Å². The molecule has 0 radical (unpaired) electrons. The second kappa shape index (κ2) is 10.7. The van der Waals surface area contributed by atoms with E-state index in [0.29, 0.717) is 6.04 Å². The fourth-order valence-corrected chi connectivity index (χ4v) is 2.18. The first-order valence-electron chi connectivity index (χ1n) is 8.15. The van der Waals surface area contributed by atoms with Gasteiger partial charge in [-0.3, -0.25) is 0 Å². The number of rotatable bonds is 11. The topological polar surface area (TPSA) is 21.3 Å². The van der Waals surface area contributed by atoms with Crippen LogP contribution in [0.15, 0.2) is 24.3 Å². The van der Waals surface area contributed by atoms with Crippen LogP contribution in [0.25, 0.3) is 0 Å². The summed E-state index contributed by atoms with van der Waals surface area (Å²) in [5, 5.41) is 3.27. The van der Waals surface area contributed by atoms with Crippen LogP contribution in [0.5, 0.6) is 5.75 Å². The summed E-state index contributed by atoms with van der Waals surface area (Å²) in [6.45, 7) is 5.31. The molecule has 2 nitrogen and oxygen atoms in total. The fraction of sp³-hybridized carbons (Fsp3) is 0.667. The Kier molecular flexibility index (Phi) is 9.14. The van der Waals surface area contributed by atoms with Crippen LogP contribution in [0, 0.1) is 0 Å². The number of hydrogen-bond donors (Lipinski definition) is 1. The van der Waals surface area contributed by atoms with Gasteiger partial charge in [0.05, 0.1) is 6.61 Å². The highest BCUT2D eigenvalue weighted by Crippen LogP contribution is 2.14. The molecule has 1 N–H and O–H groups in total. The molecule has 0 aliphatic rings. The van der Waals surface area contributed by atoms with E-state index in [4.69, 9.17) is 4.74 Å². The zero-order valence-electron chi connectivity index (χ0n) is 13.5. The third-order valence-corrected chi connectivity index (χ3v) is 3.80. The van der Waals surface area contributed by atoms with Crippen molar-refractivity contribution in [2.75, 3.05) is 13.7 Å². The Balaban J connectivity index is 2.18. The van der Waals surface area contributed by atoms with Gasteiger partial charge < -0.3 is 10.1 Å². The quantitative estimate of drug-likeness (QED) is 0.598. The van der Waals surface area contributed by atoms with Gasteiger partial charge in [-0.2, -0.15) is 0 Å². The van der Waals surface area contributed by atoms with Crippen molar-refractivity contribution in [2.24, 2.45) is 0 Å². The summed E-state index contributed by atoms with van der Waals surface area (Å²) < 4.78 is 5.78. The summed E-state index contributed by atoms with van der Waals surface area (Å²) >= 11 is 0. The summed E-state index contributed by atoms with van der Waals surface area (Å²) in [7, 11) is 2.02. The van der Waals surface area contributed by atoms with Crippen LogP contribution in [-0.2, 0) is 6.42 Å². The number of nitrogens with one attached hydrogen (secondary N) is 1. The average molecular weight is 277 g/mol. The van der Waals surface area contributed by atoms with Gasteiger partial charge in [0, 0.05) is 6.04 Å². The predicted molar refractivity (Wildman–Crippen MR) is 87.5 cm³/mol. The Hall–Kier alpha value is -1.02. The maximum Gasteiger partial charge on any atom is 0.119 e. The molecule has 1 aromatic carbocycles. The number of hydrogen-bond acceptors (Lipinski definition) is 2. The van der Waals surface area contributed by atoms with E-state index in [9.17, 15) is 0 Å². The Morgan fingerprint density at radius 1 is 1.05 bits per heavy atom. The fourth-order valence-electron chi connectivity index (χ4n) is 2.18. The van der Waals surface area contributed by atoms with Gasteiger partial charge in [0.25, 0.3) is 0 Å². The van der Waals surface area contributed by atoms with Crippen molar-refractivity contribution in [1.82, 2.24) is 5.32 Å². The molecule has 0 aliphatic heterocycles. The summed E-state index contributed by atoms with van der Waals surface area (Å²) in [5.41, 5.74) is 1.39. The Morgan fingerprint density at radius 3 is 2.40 bits per heavy atom. The number of aryl methyl sites for hydroxylation is 1. The van der Waals surface area contributed by atoms with Crippen LogP contribution in [0.3, 0.4) is 0 Å². The van der Waals surface area contributed by atoms with E-state index in [-0.39, 0.29) is 0 Å². The van der Waals surface area contributed by atoms with Crippen LogP contribution in [-0.4, -0.2) is 19.7 Å². The maximum atomic E-state index is 5.78. The van der Waals surface area contributed by atoms with E-state index in [1.165, 1.54) is 44.1 Å². The van der Waals surface area contributed by atoms with Gasteiger partial charge >= 0.3 is 0 Å². The highest BCUT2D eigenvalue weighted by atomic mass is 16.5. The first-order chi connectivity index (χ1) is 9.76. The molecule has 0 aromatic heterocycles. The summed E-state index contributed by atoms with van der Waals surface area (Å²) in [5.74, 6) is 1.01. The van der Waals surface area contributed by atoms with Crippen molar-refractivity contribution in [3.63, 3.8) is 0 Å². The lowest BCUT2D eigenvalue weighted by Crippen LogP contribution is -2.21. The molecular formula is C18H31NO. The van der Waals surface area contributed by atoms with Crippen LogP contribution in [0.4, 0.5) is 0 Å². The molecule has 0 saturated heterocycles. The van der Waals surface area contributed by atoms with Crippen molar-refractivity contribution in [3.8, 4) is 5.75 Å². The number of ether oxygens (including phenoxy) is 1. The van der Waals surface area contributed by atoms with Gasteiger partial charge in [-0.05, 0) is 50.9 Å². The van der Waals surface area contributed by atoms with Crippen molar-refractivity contribution < 1.29 is 4.74 Å². The molecule has 1 unspecified atom stereocenters. The second-order valence-electron chi connectivity index (χ2n) is 5.64. The highest BCUT2D eigenvalue weighted by Gasteiger charge is 2.00. The molecule has 0 spiro atoms. The van der Waals surface area contributed by atoms with Gasteiger partial charge in [-0.1, -0.05) is 44.7 Å². The molecule has 0 aliphatic carbocycles. The van der Waals surface area contributed by atoms with Crippen LogP contribution in [0.1, 0.15) is 57.9 Å². The molecule has 2 heteroatoms. The first kappa shape index (κ1) is 17.0. The van der Waals surface area contributed by atoms with E-state index in [1.54, 1.807) is 0 Å². The lowest BCUT2D eigenvalue weighted by atomic mass is 10.1. The summed E-state index contributed by atoms with van der Waals surface area (Å²) in [6.07, 6.45) is 8.74. The van der Waals surface area contributed by atoms with Crippen molar-refractivity contribution in [2.45, 2.75) is 64.8 Å². The standard InChI is InChI=1S/C18H31NO/c1-4-5-6-7-8-15-20-18-13-11-17(12-14-18)10-9-16(2)19-3/h11-14,16,19H,4-10,15H2,1-3H3. The Bertz CT molecular complexity index is 334. The molecule has 0 heterocycles. The Labute approximate surface area is 124 Å². The molecule has 114 valence electrons. The van der Waals surface area contributed by atoms with Crippen LogP contribution >= 0.6 is 0 Å². The smallest absolute Gasteiger partial charge is 0.119 e. The van der Waals surface area contributed by atoms with E-state index in [2.05, 4.69) is 43.4 Å². The average Bonchev–Trinajstić information content (AvgIpc) is 2.49. The van der Waals surface area contributed by atoms with E-state index in [0.717, 1.165) is 18.8 Å². The molecule has 1 aromatic rings. The second-order valence-corrected chi connectivity index (χ2v) is 5.64. The summed E-state index contributed by atoms with van der Waals surface area (Å²) in [6, 6.07) is 9.16. The third-order valence-electron chi connectivity index (χ3n) is 3.80. The zero-order valence-corrected chi connectivity index (χ0v) is 13.5. The van der Waals surface area contributed by atoms with Gasteiger partial charge in [0.2, 0.25) is 0 Å². The van der Waals surface area contributed by atoms with Crippen molar-refractivity contribution in [3.05, 3.63) is 29.8 Å². The van der Waals surface area contributed by atoms with Gasteiger partial charge in [0.1, 0.15) is 5.75 Å². The van der Waals surface area contributed by atoms with Gasteiger partial charge in [-0.25, -0.2) is 0 Å². The molecule has 20 heavy (non-hydrogen) atoms. The normalized spacial score (nSPS) is 12.3. The van der Waals surface area contributed by atoms with Crippen molar-refractivity contribution in [1.29, 1.82) is 0 Å². The lowest BCUT2D eigenvalue weighted by molar-refractivity contribution is 0.304. The largest absolute Gasteiger partial charge is 0.494 e. The molecule has 0 fully saturated rings. The Morgan fingerprint density at radius 2 is 1.75 bits per heavy atom. The molecule has 0 saturated carbocycles. The molecular weight excluding hydrogens is 246 g/mol. The minimum absolute atomic E-state index is 0.578. The highest BCUT2D eigenvalue weighted by molar-refractivity contribution is 5.27. The molecule has 1 atom stereocenters. The van der Waals surface area contributed by atoms with E-state index < -0.39 is 0 Å². The predicted octanol–water partition coefficient (Wildman–Crippen LogP) is 4.58. The monoisotopic (exact) mass is 277 g/mol. The minimum Gasteiger partial charge on any atom is -0.494 e. The maximum absolute atomic E-state index is 5.78. The SMILES string of the molecule is CCCCCCCOc1ccc(CCC(C)NC)cc1. The molecule has 0 bridgehead atoms. The summed E-state index contributed by atoms with van der Waals surface area (Å²) in [4.78, 5) is 0. The lowest BCUT2D eigenvalue weighted by Gasteiger charge is -2.10. The minimum atomic E-state index is 0.578. The van der Waals surface area contributed by atoms with E-state index in [1.807, 2.05) is 7.05 Å². The third kappa shape index (κ3) is 7.54. The van der Waals surface area contributed by atoms with Gasteiger partial charge in [-0.15, -0.1) is 0 Å². The molecule has 1 rings (SSSR count). The van der Waals surface area contributed by atoms with Crippen LogP contribution in [0.2, 0.25) is 0 Å². The van der Waals surface area contributed by atoms with Gasteiger partial charge in [0.15, 0.2) is 0 Å². The number of benzene rings is 1. The zero-order chi connectivity index (χ0) is 14.6. The van der Waals surface area contributed by atoms with E-state index >= 15 is 0 Å². The van der Waals surface area contributed by atoms with Crippen molar-refractivity contribution >= 4 is 0 Å². The first-order valence-corrected chi connectivity index (χ1v) is 8.15.